The molecule has 0 radical (unpaired) electrons. The minimum absolute atomic E-state index is 0.0108. The number of nitrogens with one attached hydrogen (secondary N) is 3. The number of carbonyl (C=O) groups is 2. The summed E-state index contributed by atoms with van der Waals surface area (Å²) in [6.07, 6.45) is 1.29. The highest BCUT2D eigenvalue weighted by Crippen LogP contribution is 2.23. The van der Waals surface area contributed by atoms with Crippen LogP contribution in [0.25, 0.3) is 10.8 Å². The molecule has 0 aromatic heterocycles. The monoisotopic (exact) mass is 361 g/mol. The van der Waals surface area contributed by atoms with Crippen LogP contribution in [0.3, 0.4) is 0 Å². The summed E-state index contributed by atoms with van der Waals surface area (Å²) < 4.78 is 0. The summed E-state index contributed by atoms with van der Waals surface area (Å²) >= 11 is 0. The molecule has 0 bridgehead atoms. The molecule has 0 aliphatic heterocycles. The van der Waals surface area contributed by atoms with Crippen molar-refractivity contribution in [1.82, 2.24) is 0 Å². The minimum atomic E-state index is -0.133. The molecule has 0 atom stereocenters. The number of fused-ring (bicyclic) bond motifs is 1. The third kappa shape index (κ3) is 5.07. The maximum absolute atomic E-state index is 12.3. The van der Waals surface area contributed by atoms with Crippen molar-refractivity contribution in [2.24, 2.45) is 0 Å². The predicted octanol–water partition coefficient (Wildman–Crippen LogP) is 4.63. The van der Waals surface area contributed by atoms with Crippen LogP contribution in [-0.4, -0.2) is 18.4 Å². The van der Waals surface area contributed by atoms with Crippen molar-refractivity contribution in [2.45, 2.75) is 19.8 Å². The summed E-state index contributed by atoms with van der Waals surface area (Å²) in [6.45, 7) is 2.10. The molecule has 0 spiro atoms. The fourth-order valence-electron chi connectivity index (χ4n) is 2.87. The molecule has 0 aliphatic carbocycles. The average Bonchev–Trinajstić information content (AvgIpc) is 2.67. The lowest BCUT2D eigenvalue weighted by molar-refractivity contribution is -0.116. The Bertz CT molecular complexity index is 948. The molecule has 5 nitrogen and oxygen atoms in total. The van der Waals surface area contributed by atoms with Crippen molar-refractivity contribution in [3.05, 3.63) is 66.7 Å². The highest BCUT2D eigenvalue weighted by Gasteiger charge is 2.06. The molecular formula is C22H23N3O2. The molecule has 3 rings (SSSR count). The summed E-state index contributed by atoms with van der Waals surface area (Å²) in [5.74, 6) is -0.143. The number of anilines is 3. The standard InChI is InChI=1S/C22H23N3O2/c1-2-7-21(26)24-18-11-6-10-17(14-18)23-15-22(27)25-20-13-5-9-16-8-3-4-12-19(16)20/h3-6,8-14,23H,2,7,15H2,1H3,(H,24,26)(H,25,27). The molecule has 27 heavy (non-hydrogen) atoms. The topological polar surface area (TPSA) is 70.2 Å². The quantitative estimate of drug-likeness (QED) is 0.575. The molecule has 0 fully saturated rings. The average molecular weight is 361 g/mol. The van der Waals surface area contributed by atoms with E-state index in [2.05, 4.69) is 16.0 Å². The maximum Gasteiger partial charge on any atom is 0.243 e. The molecule has 0 aliphatic rings. The molecule has 0 heterocycles. The van der Waals surface area contributed by atoms with Gasteiger partial charge in [0.25, 0.3) is 0 Å². The van der Waals surface area contributed by atoms with Gasteiger partial charge in [0.2, 0.25) is 11.8 Å². The van der Waals surface area contributed by atoms with Crippen LogP contribution >= 0.6 is 0 Å². The molecule has 3 N–H and O–H groups in total. The van der Waals surface area contributed by atoms with Crippen LogP contribution in [0.15, 0.2) is 66.7 Å². The number of carbonyl (C=O) groups excluding carboxylic acids is 2. The Morgan fingerprint density at radius 1 is 0.815 bits per heavy atom. The zero-order valence-corrected chi connectivity index (χ0v) is 15.3. The molecule has 0 saturated carbocycles. The van der Waals surface area contributed by atoms with Crippen LogP contribution in [0.4, 0.5) is 17.1 Å². The largest absolute Gasteiger partial charge is 0.376 e. The van der Waals surface area contributed by atoms with E-state index in [4.69, 9.17) is 0 Å². The van der Waals surface area contributed by atoms with Crippen LogP contribution in [0, 0.1) is 0 Å². The first-order valence-corrected chi connectivity index (χ1v) is 9.07. The smallest absolute Gasteiger partial charge is 0.243 e. The van der Waals surface area contributed by atoms with E-state index in [0.717, 1.165) is 28.6 Å². The summed E-state index contributed by atoms with van der Waals surface area (Å²) in [5.41, 5.74) is 2.28. The van der Waals surface area contributed by atoms with Crippen molar-refractivity contribution in [3.63, 3.8) is 0 Å². The van der Waals surface area contributed by atoms with E-state index in [9.17, 15) is 9.59 Å². The van der Waals surface area contributed by atoms with Gasteiger partial charge in [-0.2, -0.15) is 0 Å². The number of hydrogen-bond acceptors (Lipinski definition) is 3. The van der Waals surface area contributed by atoms with Crippen LogP contribution in [0.2, 0.25) is 0 Å². The summed E-state index contributed by atoms with van der Waals surface area (Å²) in [7, 11) is 0. The predicted molar refractivity (Wildman–Crippen MR) is 111 cm³/mol. The van der Waals surface area contributed by atoms with Gasteiger partial charge in [0, 0.05) is 28.9 Å². The van der Waals surface area contributed by atoms with E-state index in [-0.39, 0.29) is 18.4 Å². The first-order chi connectivity index (χ1) is 13.2. The van der Waals surface area contributed by atoms with Crippen LogP contribution in [0.5, 0.6) is 0 Å². The molecule has 2 amide bonds. The first kappa shape index (κ1) is 18.5. The van der Waals surface area contributed by atoms with Gasteiger partial charge < -0.3 is 16.0 Å². The number of benzene rings is 3. The third-order valence-corrected chi connectivity index (χ3v) is 4.14. The van der Waals surface area contributed by atoms with E-state index in [1.54, 1.807) is 0 Å². The Balaban J connectivity index is 1.60. The molecule has 3 aromatic rings. The third-order valence-electron chi connectivity index (χ3n) is 4.14. The Labute approximate surface area is 158 Å². The second-order valence-corrected chi connectivity index (χ2v) is 6.31. The van der Waals surface area contributed by atoms with Gasteiger partial charge in [-0.15, -0.1) is 0 Å². The second-order valence-electron chi connectivity index (χ2n) is 6.31. The maximum atomic E-state index is 12.3. The van der Waals surface area contributed by atoms with Gasteiger partial charge >= 0.3 is 0 Å². The zero-order valence-electron chi connectivity index (χ0n) is 15.3. The Kier molecular flexibility index (Phi) is 6.05. The second kappa shape index (κ2) is 8.85. The molecule has 138 valence electrons. The van der Waals surface area contributed by atoms with E-state index in [1.807, 2.05) is 73.7 Å². The SMILES string of the molecule is CCCC(=O)Nc1cccc(NCC(=O)Nc2cccc3ccccc23)c1. The number of amides is 2. The highest BCUT2D eigenvalue weighted by molar-refractivity contribution is 6.03. The van der Waals surface area contributed by atoms with Crippen molar-refractivity contribution in [3.8, 4) is 0 Å². The molecule has 0 saturated heterocycles. The molecule has 0 unspecified atom stereocenters. The summed E-state index contributed by atoms with van der Waals surface area (Å²) in [4.78, 5) is 24.0. The number of hydrogen-bond donors (Lipinski definition) is 3. The first-order valence-electron chi connectivity index (χ1n) is 9.07. The highest BCUT2D eigenvalue weighted by atomic mass is 16.2. The lowest BCUT2D eigenvalue weighted by atomic mass is 10.1. The van der Waals surface area contributed by atoms with E-state index < -0.39 is 0 Å². The molecular weight excluding hydrogens is 338 g/mol. The van der Waals surface area contributed by atoms with Crippen LogP contribution in [-0.2, 0) is 9.59 Å². The Morgan fingerprint density at radius 2 is 1.56 bits per heavy atom. The van der Waals surface area contributed by atoms with Crippen LogP contribution in [0.1, 0.15) is 19.8 Å². The number of rotatable bonds is 7. The normalized spacial score (nSPS) is 10.4. The zero-order chi connectivity index (χ0) is 19.1. The lowest BCUT2D eigenvalue weighted by Crippen LogP contribution is -2.22. The van der Waals surface area contributed by atoms with E-state index in [0.29, 0.717) is 12.1 Å². The van der Waals surface area contributed by atoms with E-state index >= 15 is 0 Å². The van der Waals surface area contributed by atoms with Crippen molar-refractivity contribution < 1.29 is 9.59 Å². The van der Waals surface area contributed by atoms with Gasteiger partial charge in [-0.05, 0) is 36.1 Å². The fraction of sp³-hybridized carbons (Fsp3) is 0.182. The van der Waals surface area contributed by atoms with Gasteiger partial charge in [0.15, 0.2) is 0 Å². The minimum Gasteiger partial charge on any atom is -0.376 e. The van der Waals surface area contributed by atoms with E-state index in [1.165, 1.54) is 0 Å². The summed E-state index contributed by atoms with van der Waals surface area (Å²) in [6, 6.07) is 21.1. The van der Waals surface area contributed by atoms with Crippen LogP contribution < -0.4 is 16.0 Å². The van der Waals surface area contributed by atoms with Gasteiger partial charge in [0.1, 0.15) is 0 Å². The Morgan fingerprint density at radius 3 is 2.41 bits per heavy atom. The van der Waals surface area contributed by atoms with Crippen molar-refractivity contribution >= 4 is 39.6 Å². The van der Waals surface area contributed by atoms with Gasteiger partial charge in [-0.25, -0.2) is 0 Å². The van der Waals surface area contributed by atoms with Crippen molar-refractivity contribution in [2.75, 3.05) is 22.5 Å². The van der Waals surface area contributed by atoms with Gasteiger partial charge in [-0.3, -0.25) is 9.59 Å². The molecule has 5 heteroatoms. The fourth-order valence-corrected chi connectivity index (χ4v) is 2.87. The molecule has 3 aromatic carbocycles. The lowest BCUT2D eigenvalue weighted by Gasteiger charge is -2.11. The van der Waals surface area contributed by atoms with Gasteiger partial charge in [-0.1, -0.05) is 49.4 Å². The van der Waals surface area contributed by atoms with Gasteiger partial charge in [0.05, 0.1) is 6.54 Å². The van der Waals surface area contributed by atoms with Crippen molar-refractivity contribution in [1.29, 1.82) is 0 Å². The summed E-state index contributed by atoms with van der Waals surface area (Å²) in [5, 5.41) is 11.0. The Hall–Kier alpha value is -3.34.